The Hall–Kier alpha value is -1.35. The number of aromatic nitrogens is 2. The number of hydrogen-bond acceptors (Lipinski definition) is 2. The van der Waals surface area contributed by atoms with Crippen LogP contribution in [-0.4, -0.2) is 22.1 Å². The number of hydrogen-bond donors (Lipinski definition) is 1. The van der Waals surface area contributed by atoms with Crippen LogP contribution in [0.3, 0.4) is 0 Å². The number of imidazole rings is 1. The van der Waals surface area contributed by atoms with Crippen molar-refractivity contribution in [2.75, 3.05) is 6.54 Å². The third-order valence-corrected chi connectivity index (χ3v) is 4.20. The van der Waals surface area contributed by atoms with Gasteiger partial charge in [0.15, 0.2) is 0 Å². The van der Waals surface area contributed by atoms with Crippen molar-refractivity contribution in [1.82, 2.24) is 14.9 Å². The highest BCUT2D eigenvalue weighted by Crippen LogP contribution is 2.20. The molecule has 0 fully saturated rings. The van der Waals surface area contributed by atoms with E-state index in [-0.39, 0.29) is 0 Å². The molecule has 2 atom stereocenters. The lowest BCUT2D eigenvalue weighted by atomic mass is 9.92. The largest absolute Gasteiger partial charge is 0.331 e. The van der Waals surface area contributed by atoms with E-state index < -0.39 is 0 Å². The minimum absolute atomic E-state index is 0.556. The van der Waals surface area contributed by atoms with Gasteiger partial charge in [-0.1, -0.05) is 39.8 Å². The molecule has 0 radical (unpaired) electrons. The molecule has 0 spiro atoms. The predicted octanol–water partition coefficient (Wildman–Crippen LogP) is 3.39. The van der Waals surface area contributed by atoms with Gasteiger partial charge in [0, 0.05) is 19.5 Å². The first-order chi connectivity index (χ1) is 9.49. The van der Waals surface area contributed by atoms with Crippen molar-refractivity contribution < 1.29 is 0 Å². The van der Waals surface area contributed by atoms with E-state index in [0.717, 1.165) is 18.5 Å². The summed E-state index contributed by atoms with van der Waals surface area (Å²) < 4.78 is 2.23. The van der Waals surface area contributed by atoms with E-state index in [9.17, 15) is 0 Å². The second-order valence-corrected chi connectivity index (χ2v) is 6.30. The smallest absolute Gasteiger partial charge is 0.109 e. The number of para-hydroxylation sites is 2. The van der Waals surface area contributed by atoms with E-state index in [1.165, 1.54) is 11.3 Å². The minimum atomic E-state index is 0.556. The van der Waals surface area contributed by atoms with Crippen molar-refractivity contribution >= 4 is 11.0 Å². The maximum atomic E-state index is 4.77. The number of nitrogens with zero attached hydrogens (tertiary/aromatic N) is 2. The van der Waals surface area contributed by atoms with Crippen LogP contribution in [0.4, 0.5) is 0 Å². The Kier molecular flexibility index (Phi) is 4.81. The molecule has 0 bridgehead atoms. The summed E-state index contributed by atoms with van der Waals surface area (Å²) in [6, 6.07) is 8.91. The maximum absolute atomic E-state index is 4.77. The summed E-state index contributed by atoms with van der Waals surface area (Å²) in [6.45, 7) is 10.1. The summed E-state index contributed by atoms with van der Waals surface area (Å²) in [5, 5.41) is 3.53. The third-order valence-electron chi connectivity index (χ3n) is 4.20. The normalized spacial score (nSPS) is 14.9. The molecule has 20 heavy (non-hydrogen) atoms. The number of aryl methyl sites for hydroxylation is 1. The number of fused-ring (bicyclic) bond motifs is 1. The Morgan fingerprint density at radius 2 is 1.80 bits per heavy atom. The van der Waals surface area contributed by atoms with E-state index in [2.05, 4.69) is 68.9 Å². The molecule has 1 aromatic carbocycles. The highest BCUT2D eigenvalue weighted by atomic mass is 15.1. The van der Waals surface area contributed by atoms with Gasteiger partial charge in [-0.25, -0.2) is 4.98 Å². The van der Waals surface area contributed by atoms with Gasteiger partial charge in [-0.2, -0.15) is 0 Å². The first kappa shape index (κ1) is 15.0. The third kappa shape index (κ3) is 3.40. The second kappa shape index (κ2) is 6.40. The van der Waals surface area contributed by atoms with Gasteiger partial charge in [-0.3, -0.25) is 0 Å². The van der Waals surface area contributed by atoms with Crippen LogP contribution in [0.2, 0.25) is 0 Å². The summed E-state index contributed by atoms with van der Waals surface area (Å²) in [5.74, 6) is 2.46. The van der Waals surface area contributed by atoms with Gasteiger partial charge < -0.3 is 9.88 Å². The van der Waals surface area contributed by atoms with Crippen LogP contribution in [0.5, 0.6) is 0 Å². The zero-order chi connectivity index (χ0) is 14.7. The lowest BCUT2D eigenvalue weighted by molar-refractivity contribution is 0.348. The molecule has 3 nitrogen and oxygen atoms in total. The maximum Gasteiger partial charge on any atom is 0.109 e. The summed E-state index contributed by atoms with van der Waals surface area (Å²) in [7, 11) is 2.12. The zero-order valence-electron chi connectivity index (χ0n) is 13.4. The molecule has 0 saturated heterocycles. The molecule has 2 rings (SSSR count). The van der Waals surface area contributed by atoms with Gasteiger partial charge in [0.1, 0.15) is 5.82 Å². The fraction of sp³-hybridized carbons (Fsp3) is 0.588. The van der Waals surface area contributed by atoms with E-state index in [4.69, 9.17) is 4.98 Å². The van der Waals surface area contributed by atoms with Crippen molar-refractivity contribution in [3.05, 3.63) is 30.1 Å². The average Bonchev–Trinajstić information content (AvgIpc) is 2.73. The number of rotatable bonds is 6. The highest BCUT2D eigenvalue weighted by molar-refractivity contribution is 5.75. The van der Waals surface area contributed by atoms with Gasteiger partial charge >= 0.3 is 0 Å². The quantitative estimate of drug-likeness (QED) is 0.874. The van der Waals surface area contributed by atoms with Crippen molar-refractivity contribution in [2.45, 2.75) is 40.2 Å². The Morgan fingerprint density at radius 3 is 2.45 bits per heavy atom. The molecule has 1 aromatic heterocycles. The lowest BCUT2D eigenvalue weighted by Crippen LogP contribution is -2.31. The van der Waals surface area contributed by atoms with Crippen LogP contribution in [-0.2, 0) is 13.5 Å². The molecule has 1 N–H and O–H groups in total. The minimum Gasteiger partial charge on any atom is -0.331 e. The van der Waals surface area contributed by atoms with Gasteiger partial charge in [0.05, 0.1) is 11.0 Å². The van der Waals surface area contributed by atoms with E-state index in [1.54, 1.807) is 0 Å². The molecular formula is C17H27N3. The molecular weight excluding hydrogens is 246 g/mol. The highest BCUT2D eigenvalue weighted by Gasteiger charge is 2.16. The van der Waals surface area contributed by atoms with Crippen molar-refractivity contribution in [1.29, 1.82) is 0 Å². The van der Waals surface area contributed by atoms with Gasteiger partial charge in [0.25, 0.3) is 0 Å². The molecule has 1 heterocycles. The fourth-order valence-corrected chi connectivity index (χ4v) is 2.49. The number of benzene rings is 1. The molecule has 2 unspecified atom stereocenters. The summed E-state index contributed by atoms with van der Waals surface area (Å²) in [5.41, 5.74) is 2.33. The Labute approximate surface area is 122 Å². The van der Waals surface area contributed by atoms with Crippen LogP contribution in [0, 0.1) is 11.8 Å². The van der Waals surface area contributed by atoms with E-state index in [0.29, 0.717) is 17.9 Å². The van der Waals surface area contributed by atoms with Gasteiger partial charge in [0.2, 0.25) is 0 Å². The van der Waals surface area contributed by atoms with Crippen LogP contribution >= 0.6 is 0 Å². The predicted molar refractivity (Wildman–Crippen MR) is 85.9 cm³/mol. The molecule has 0 aliphatic heterocycles. The Balaban J connectivity index is 2.05. The fourth-order valence-electron chi connectivity index (χ4n) is 2.49. The second-order valence-electron chi connectivity index (χ2n) is 6.30. The van der Waals surface area contributed by atoms with Crippen molar-refractivity contribution in [2.24, 2.45) is 18.9 Å². The van der Waals surface area contributed by atoms with Crippen LogP contribution in [0.15, 0.2) is 24.3 Å². The standard InChI is InChI=1S/C17H27N3/c1-12(2)18-11-14(4)13(3)10-17-19-15-8-6-7-9-16(15)20(17)5/h6-9,12-14,18H,10-11H2,1-5H3. The molecule has 3 heteroatoms. The molecule has 0 saturated carbocycles. The SMILES string of the molecule is CC(C)NCC(C)C(C)Cc1nc2ccccc2n1C. The van der Waals surface area contributed by atoms with Gasteiger partial charge in [-0.05, 0) is 30.5 Å². The van der Waals surface area contributed by atoms with Crippen molar-refractivity contribution in [3.63, 3.8) is 0 Å². The van der Waals surface area contributed by atoms with Crippen LogP contribution < -0.4 is 5.32 Å². The monoisotopic (exact) mass is 273 g/mol. The van der Waals surface area contributed by atoms with E-state index >= 15 is 0 Å². The molecule has 2 aromatic rings. The lowest BCUT2D eigenvalue weighted by Gasteiger charge is -2.21. The molecule has 0 aliphatic carbocycles. The molecule has 0 amide bonds. The van der Waals surface area contributed by atoms with Crippen LogP contribution in [0.25, 0.3) is 11.0 Å². The first-order valence-corrected chi connectivity index (χ1v) is 7.62. The average molecular weight is 273 g/mol. The van der Waals surface area contributed by atoms with Crippen LogP contribution in [0.1, 0.15) is 33.5 Å². The number of nitrogens with one attached hydrogen (secondary N) is 1. The summed E-state index contributed by atoms with van der Waals surface area (Å²) in [4.78, 5) is 4.77. The summed E-state index contributed by atoms with van der Waals surface area (Å²) in [6.07, 6.45) is 1.03. The Bertz CT molecular complexity index is 556. The Morgan fingerprint density at radius 1 is 1.10 bits per heavy atom. The first-order valence-electron chi connectivity index (χ1n) is 7.62. The molecule has 110 valence electrons. The zero-order valence-corrected chi connectivity index (χ0v) is 13.4. The van der Waals surface area contributed by atoms with Crippen molar-refractivity contribution in [3.8, 4) is 0 Å². The van der Waals surface area contributed by atoms with E-state index in [1.807, 2.05) is 0 Å². The topological polar surface area (TPSA) is 29.9 Å². The molecule has 0 aliphatic rings. The van der Waals surface area contributed by atoms with Gasteiger partial charge in [-0.15, -0.1) is 0 Å². The summed E-state index contributed by atoms with van der Waals surface area (Å²) >= 11 is 0.